The fraction of sp³-hybridized carbons (Fsp3) is 0.474. The van der Waals surface area contributed by atoms with Gasteiger partial charge in [-0.15, -0.1) is 24.0 Å². The third-order valence-electron chi connectivity index (χ3n) is 4.68. The molecule has 0 radical (unpaired) electrons. The lowest BCUT2D eigenvalue weighted by molar-refractivity contribution is 0.368. The third kappa shape index (κ3) is 4.54. The average Bonchev–Trinajstić information content (AvgIpc) is 3.03. The molecule has 1 aromatic carbocycles. The van der Waals surface area contributed by atoms with Crippen LogP contribution < -0.4 is 11.1 Å². The van der Waals surface area contributed by atoms with Crippen LogP contribution in [0.4, 0.5) is 5.69 Å². The van der Waals surface area contributed by atoms with Gasteiger partial charge in [-0.05, 0) is 43.2 Å². The highest BCUT2D eigenvalue weighted by Crippen LogP contribution is 2.25. The van der Waals surface area contributed by atoms with E-state index in [2.05, 4.69) is 47.5 Å². The van der Waals surface area contributed by atoms with E-state index in [0.717, 1.165) is 42.8 Å². The maximum Gasteiger partial charge on any atom is 0.193 e. The van der Waals surface area contributed by atoms with Gasteiger partial charge in [0.05, 0.1) is 6.54 Å². The predicted octanol–water partition coefficient (Wildman–Crippen LogP) is 4.22. The molecule has 5 nitrogen and oxygen atoms in total. The fourth-order valence-electron chi connectivity index (χ4n) is 3.30. The number of hydrogen-bond acceptors (Lipinski definition) is 3. The van der Waals surface area contributed by atoms with E-state index < -0.39 is 0 Å². The molecule has 0 bridgehead atoms. The number of fused-ring (bicyclic) bond motifs is 1. The second-order valence-electron chi connectivity index (χ2n) is 6.22. The van der Waals surface area contributed by atoms with Gasteiger partial charge in [-0.2, -0.15) is 0 Å². The molecule has 0 amide bonds. The Morgan fingerprint density at radius 3 is 2.56 bits per heavy atom. The lowest BCUT2D eigenvalue weighted by atomic mass is 9.96. The van der Waals surface area contributed by atoms with E-state index in [9.17, 15) is 0 Å². The number of halogens is 1. The van der Waals surface area contributed by atoms with Crippen LogP contribution in [0.3, 0.4) is 0 Å². The standard InChI is InChI=1S/C19H26N4O.HI/c1-3-13-8-7-9-14(4-2)18(13)22-19(20)21-12-16-15-10-5-6-11-17(15)24-23-16;/h7-9H,3-6,10-12H2,1-2H3,(H3,20,21,22);1H. The topological polar surface area (TPSA) is 76.4 Å². The van der Waals surface area contributed by atoms with Crippen molar-refractivity contribution in [2.24, 2.45) is 10.7 Å². The van der Waals surface area contributed by atoms with Crippen molar-refractivity contribution >= 4 is 35.6 Å². The number of aromatic nitrogens is 1. The number of para-hydroxylation sites is 1. The van der Waals surface area contributed by atoms with E-state index in [1.54, 1.807) is 0 Å². The van der Waals surface area contributed by atoms with Crippen molar-refractivity contribution < 1.29 is 4.52 Å². The number of benzene rings is 1. The molecule has 0 unspecified atom stereocenters. The Morgan fingerprint density at radius 2 is 1.88 bits per heavy atom. The lowest BCUT2D eigenvalue weighted by Crippen LogP contribution is -2.24. The zero-order valence-electron chi connectivity index (χ0n) is 15.0. The summed E-state index contributed by atoms with van der Waals surface area (Å²) in [5.41, 5.74) is 11.9. The molecule has 3 rings (SSSR count). The van der Waals surface area contributed by atoms with Crippen LogP contribution in [0.2, 0.25) is 0 Å². The summed E-state index contributed by atoms with van der Waals surface area (Å²) < 4.78 is 5.43. The third-order valence-corrected chi connectivity index (χ3v) is 4.68. The van der Waals surface area contributed by atoms with Gasteiger partial charge < -0.3 is 15.6 Å². The molecule has 1 aromatic heterocycles. The maximum atomic E-state index is 6.13. The molecule has 2 aromatic rings. The van der Waals surface area contributed by atoms with Crippen LogP contribution in [-0.2, 0) is 32.2 Å². The number of aryl methyl sites for hydroxylation is 3. The van der Waals surface area contributed by atoms with Crippen molar-refractivity contribution in [2.75, 3.05) is 5.32 Å². The van der Waals surface area contributed by atoms with Crippen LogP contribution >= 0.6 is 24.0 Å². The van der Waals surface area contributed by atoms with Gasteiger partial charge in [-0.1, -0.05) is 37.2 Å². The summed E-state index contributed by atoms with van der Waals surface area (Å²) in [6.45, 7) is 4.76. The van der Waals surface area contributed by atoms with E-state index in [4.69, 9.17) is 10.3 Å². The van der Waals surface area contributed by atoms with Gasteiger partial charge in [0.1, 0.15) is 11.5 Å². The van der Waals surface area contributed by atoms with Gasteiger partial charge in [0.15, 0.2) is 5.96 Å². The smallest absolute Gasteiger partial charge is 0.193 e. The minimum absolute atomic E-state index is 0. The molecular weight excluding hydrogens is 427 g/mol. The summed E-state index contributed by atoms with van der Waals surface area (Å²) in [5, 5.41) is 7.47. The number of anilines is 1. The number of nitrogens with two attached hydrogens (primary N) is 1. The molecule has 0 fully saturated rings. The Morgan fingerprint density at radius 1 is 1.20 bits per heavy atom. The summed E-state index contributed by atoms with van der Waals surface area (Å²) in [5.74, 6) is 1.46. The summed E-state index contributed by atoms with van der Waals surface area (Å²) in [6.07, 6.45) is 6.32. The van der Waals surface area contributed by atoms with Gasteiger partial charge >= 0.3 is 0 Å². The molecule has 0 spiro atoms. The molecule has 0 aliphatic heterocycles. The summed E-state index contributed by atoms with van der Waals surface area (Å²) >= 11 is 0. The minimum atomic E-state index is 0. The quantitative estimate of drug-likeness (QED) is 0.403. The monoisotopic (exact) mass is 454 g/mol. The van der Waals surface area contributed by atoms with Crippen molar-refractivity contribution in [3.63, 3.8) is 0 Å². The Balaban J connectivity index is 0.00000225. The van der Waals surface area contributed by atoms with Gasteiger partial charge in [-0.25, -0.2) is 4.99 Å². The maximum absolute atomic E-state index is 6.13. The lowest BCUT2D eigenvalue weighted by Gasteiger charge is -2.14. The average molecular weight is 454 g/mol. The highest BCUT2D eigenvalue weighted by Gasteiger charge is 2.18. The van der Waals surface area contributed by atoms with Crippen LogP contribution in [0.15, 0.2) is 27.7 Å². The molecule has 0 saturated heterocycles. The van der Waals surface area contributed by atoms with Gasteiger partial charge in [0.2, 0.25) is 0 Å². The Bertz CT molecular complexity index is 717. The first kappa shape index (κ1) is 19.8. The summed E-state index contributed by atoms with van der Waals surface area (Å²) in [7, 11) is 0. The molecule has 1 aliphatic carbocycles. The van der Waals surface area contributed by atoms with E-state index in [0.29, 0.717) is 12.5 Å². The van der Waals surface area contributed by atoms with Crippen molar-refractivity contribution in [1.82, 2.24) is 5.16 Å². The Hall–Kier alpha value is -1.57. The molecule has 0 atom stereocenters. The normalized spacial score (nSPS) is 13.9. The minimum Gasteiger partial charge on any atom is -0.370 e. The molecule has 6 heteroatoms. The van der Waals surface area contributed by atoms with E-state index in [1.807, 2.05) is 0 Å². The van der Waals surface area contributed by atoms with Crippen molar-refractivity contribution in [2.45, 2.75) is 58.9 Å². The number of hydrogen-bond donors (Lipinski definition) is 2. The largest absolute Gasteiger partial charge is 0.370 e. The highest BCUT2D eigenvalue weighted by atomic mass is 127. The first-order valence-electron chi connectivity index (χ1n) is 8.86. The first-order valence-corrected chi connectivity index (χ1v) is 8.86. The number of guanidine groups is 1. The van der Waals surface area contributed by atoms with E-state index in [1.165, 1.54) is 29.5 Å². The van der Waals surface area contributed by atoms with Crippen LogP contribution in [0.5, 0.6) is 0 Å². The number of nitrogens with zero attached hydrogens (tertiary/aromatic N) is 2. The second kappa shape index (κ2) is 9.22. The molecule has 0 saturated carbocycles. The number of nitrogens with one attached hydrogen (secondary N) is 1. The SMILES string of the molecule is CCc1cccc(CC)c1NC(N)=NCc1noc2c1CCCC2.I. The van der Waals surface area contributed by atoms with E-state index >= 15 is 0 Å². The molecule has 1 aliphatic rings. The van der Waals surface area contributed by atoms with Crippen molar-refractivity contribution in [3.8, 4) is 0 Å². The second-order valence-corrected chi connectivity index (χ2v) is 6.22. The summed E-state index contributed by atoms with van der Waals surface area (Å²) in [6, 6.07) is 6.35. The highest BCUT2D eigenvalue weighted by molar-refractivity contribution is 14.0. The first-order chi connectivity index (χ1) is 11.7. The molecule has 136 valence electrons. The van der Waals surface area contributed by atoms with E-state index in [-0.39, 0.29) is 24.0 Å². The summed E-state index contributed by atoms with van der Waals surface area (Å²) in [4.78, 5) is 4.48. The van der Waals surface area contributed by atoms with Gasteiger partial charge in [-0.3, -0.25) is 0 Å². The molecule has 1 heterocycles. The van der Waals surface area contributed by atoms with Gasteiger partial charge in [0, 0.05) is 17.7 Å². The van der Waals surface area contributed by atoms with Crippen LogP contribution in [0.1, 0.15) is 54.8 Å². The number of rotatable bonds is 5. The van der Waals surface area contributed by atoms with Crippen molar-refractivity contribution in [1.29, 1.82) is 0 Å². The molecule has 25 heavy (non-hydrogen) atoms. The van der Waals surface area contributed by atoms with Crippen LogP contribution in [0.25, 0.3) is 0 Å². The van der Waals surface area contributed by atoms with Crippen LogP contribution in [0, 0.1) is 0 Å². The zero-order valence-corrected chi connectivity index (χ0v) is 17.3. The van der Waals surface area contributed by atoms with Crippen LogP contribution in [-0.4, -0.2) is 11.1 Å². The molecular formula is C19H27IN4O. The molecule has 3 N–H and O–H groups in total. The van der Waals surface area contributed by atoms with Crippen molar-refractivity contribution in [3.05, 3.63) is 46.3 Å². The van der Waals surface area contributed by atoms with Gasteiger partial charge in [0.25, 0.3) is 0 Å². The predicted molar refractivity (Wildman–Crippen MR) is 113 cm³/mol. The number of aliphatic imine (C=N–C) groups is 1. The Labute approximate surface area is 166 Å². The Kier molecular flexibility index (Phi) is 7.28. The fourth-order valence-corrected chi connectivity index (χ4v) is 3.30. The zero-order chi connectivity index (χ0) is 16.9.